The van der Waals surface area contributed by atoms with E-state index in [-0.39, 0.29) is 12.5 Å². The predicted octanol–water partition coefficient (Wildman–Crippen LogP) is 3.26. The molecular formula is C17H25NO3. The van der Waals surface area contributed by atoms with Gasteiger partial charge in [0.2, 0.25) is 0 Å². The van der Waals surface area contributed by atoms with Crippen LogP contribution in [0.15, 0.2) is 24.3 Å². The number of carbonyl (C=O) groups is 2. The van der Waals surface area contributed by atoms with E-state index in [0.29, 0.717) is 12.0 Å². The monoisotopic (exact) mass is 291 g/mol. The molecule has 4 heteroatoms. The number of hydrogen-bond acceptors (Lipinski definition) is 2. The summed E-state index contributed by atoms with van der Waals surface area (Å²) in [5.41, 5.74) is 0.868. The maximum atomic E-state index is 12.1. The van der Waals surface area contributed by atoms with Crippen molar-refractivity contribution in [3.63, 3.8) is 0 Å². The van der Waals surface area contributed by atoms with Crippen LogP contribution in [0.25, 0.3) is 0 Å². The first kappa shape index (κ1) is 17.2. The SMILES string of the molecule is CCCCc1ccc(C(=O)NCC(C)(CC)C(=O)O)cc1. The van der Waals surface area contributed by atoms with Gasteiger partial charge in [0.1, 0.15) is 0 Å². The molecular weight excluding hydrogens is 266 g/mol. The Morgan fingerprint density at radius 2 is 1.81 bits per heavy atom. The van der Waals surface area contributed by atoms with Crippen LogP contribution in [0.1, 0.15) is 56.0 Å². The standard InChI is InChI=1S/C17H25NO3/c1-4-6-7-13-8-10-14(11-9-13)15(19)18-12-17(3,5-2)16(20)21/h8-11H,4-7,12H2,1-3H3,(H,18,19)(H,20,21). The van der Waals surface area contributed by atoms with Crippen molar-refractivity contribution in [3.8, 4) is 0 Å². The molecule has 0 radical (unpaired) electrons. The highest BCUT2D eigenvalue weighted by atomic mass is 16.4. The first-order valence-corrected chi connectivity index (χ1v) is 7.53. The first-order chi connectivity index (χ1) is 9.92. The molecule has 1 atom stereocenters. The Labute approximate surface area is 126 Å². The number of carbonyl (C=O) groups excluding carboxylic acids is 1. The molecule has 2 N–H and O–H groups in total. The highest BCUT2D eigenvalue weighted by Gasteiger charge is 2.31. The maximum absolute atomic E-state index is 12.1. The Balaban J connectivity index is 2.61. The highest BCUT2D eigenvalue weighted by molar-refractivity contribution is 5.94. The van der Waals surface area contributed by atoms with Gasteiger partial charge in [0, 0.05) is 12.1 Å². The summed E-state index contributed by atoms with van der Waals surface area (Å²) in [6.45, 7) is 5.73. The van der Waals surface area contributed by atoms with E-state index in [2.05, 4.69) is 12.2 Å². The number of aliphatic carboxylic acids is 1. The molecule has 0 aliphatic rings. The fraction of sp³-hybridized carbons (Fsp3) is 0.529. The summed E-state index contributed by atoms with van der Waals surface area (Å²) >= 11 is 0. The summed E-state index contributed by atoms with van der Waals surface area (Å²) in [5.74, 6) is -1.11. The molecule has 0 fully saturated rings. The zero-order chi connectivity index (χ0) is 15.9. The molecule has 0 aliphatic heterocycles. The number of rotatable bonds is 8. The lowest BCUT2D eigenvalue weighted by atomic mass is 9.87. The number of unbranched alkanes of at least 4 members (excludes halogenated alkanes) is 1. The lowest BCUT2D eigenvalue weighted by molar-refractivity contribution is -0.147. The zero-order valence-electron chi connectivity index (χ0n) is 13.1. The molecule has 21 heavy (non-hydrogen) atoms. The second-order valence-electron chi connectivity index (χ2n) is 5.70. The number of amides is 1. The summed E-state index contributed by atoms with van der Waals surface area (Å²) in [6, 6.07) is 7.51. The van der Waals surface area contributed by atoms with Crippen molar-refractivity contribution < 1.29 is 14.7 Å². The van der Waals surface area contributed by atoms with Gasteiger partial charge in [-0.1, -0.05) is 32.4 Å². The van der Waals surface area contributed by atoms with Gasteiger partial charge in [0.15, 0.2) is 0 Å². The molecule has 1 unspecified atom stereocenters. The normalized spacial score (nSPS) is 13.5. The van der Waals surface area contributed by atoms with Gasteiger partial charge < -0.3 is 10.4 Å². The average Bonchev–Trinajstić information content (AvgIpc) is 2.50. The second-order valence-corrected chi connectivity index (χ2v) is 5.70. The van der Waals surface area contributed by atoms with Crippen molar-refractivity contribution in [2.24, 2.45) is 5.41 Å². The van der Waals surface area contributed by atoms with Crippen LogP contribution in [0.3, 0.4) is 0 Å². The van der Waals surface area contributed by atoms with E-state index in [1.165, 1.54) is 5.56 Å². The Kier molecular flexibility index (Phi) is 6.40. The smallest absolute Gasteiger partial charge is 0.311 e. The number of carboxylic acids is 1. The predicted molar refractivity (Wildman–Crippen MR) is 83.4 cm³/mol. The summed E-state index contributed by atoms with van der Waals surface area (Å²) in [4.78, 5) is 23.2. The third-order valence-corrected chi connectivity index (χ3v) is 3.97. The van der Waals surface area contributed by atoms with Crippen molar-refractivity contribution in [1.82, 2.24) is 5.32 Å². The zero-order valence-corrected chi connectivity index (χ0v) is 13.1. The van der Waals surface area contributed by atoms with Crippen LogP contribution in [0, 0.1) is 5.41 Å². The van der Waals surface area contributed by atoms with Crippen LogP contribution in [0.2, 0.25) is 0 Å². The summed E-state index contributed by atoms with van der Waals surface area (Å²) in [7, 11) is 0. The number of hydrogen-bond donors (Lipinski definition) is 2. The van der Waals surface area contributed by atoms with E-state index in [1.54, 1.807) is 19.1 Å². The molecule has 116 valence electrons. The van der Waals surface area contributed by atoms with Gasteiger partial charge in [-0.15, -0.1) is 0 Å². The van der Waals surface area contributed by atoms with Crippen LogP contribution in [0.4, 0.5) is 0 Å². The number of nitrogens with one attached hydrogen (secondary N) is 1. The highest BCUT2D eigenvalue weighted by Crippen LogP contribution is 2.20. The quantitative estimate of drug-likeness (QED) is 0.772. The second kappa shape index (κ2) is 7.81. The third kappa shape index (κ3) is 4.88. The average molecular weight is 291 g/mol. The van der Waals surface area contributed by atoms with Crippen molar-refractivity contribution in [3.05, 3.63) is 35.4 Å². The Hall–Kier alpha value is -1.84. The van der Waals surface area contributed by atoms with Gasteiger partial charge in [0.05, 0.1) is 5.41 Å². The molecule has 0 saturated heterocycles. The molecule has 1 rings (SSSR count). The van der Waals surface area contributed by atoms with Crippen LogP contribution in [-0.4, -0.2) is 23.5 Å². The Morgan fingerprint density at radius 3 is 2.29 bits per heavy atom. The van der Waals surface area contributed by atoms with E-state index in [0.717, 1.165) is 19.3 Å². The summed E-state index contributed by atoms with van der Waals surface area (Å²) in [6.07, 6.45) is 3.77. The molecule has 0 aromatic heterocycles. The van der Waals surface area contributed by atoms with Gasteiger partial charge in [-0.2, -0.15) is 0 Å². The fourth-order valence-electron chi connectivity index (χ4n) is 1.93. The molecule has 0 bridgehead atoms. The molecule has 1 aromatic carbocycles. The van der Waals surface area contributed by atoms with Crippen molar-refractivity contribution in [1.29, 1.82) is 0 Å². The van der Waals surface area contributed by atoms with Gasteiger partial charge in [0.25, 0.3) is 5.91 Å². The van der Waals surface area contributed by atoms with Gasteiger partial charge in [-0.05, 0) is 43.9 Å². The number of aryl methyl sites for hydroxylation is 1. The van der Waals surface area contributed by atoms with E-state index in [9.17, 15) is 14.7 Å². The minimum absolute atomic E-state index is 0.134. The van der Waals surface area contributed by atoms with E-state index in [1.807, 2.05) is 19.1 Å². The lowest BCUT2D eigenvalue weighted by Gasteiger charge is -2.23. The number of carboxylic acid groups (broad SMARTS) is 1. The van der Waals surface area contributed by atoms with Crippen LogP contribution in [0.5, 0.6) is 0 Å². The molecule has 0 aliphatic carbocycles. The number of benzene rings is 1. The Morgan fingerprint density at radius 1 is 1.19 bits per heavy atom. The molecule has 0 saturated carbocycles. The topological polar surface area (TPSA) is 66.4 Å². The minimum atomic E-state index is -0.920. The molecule has 4 nitrogen and oxygen atoms in total. The molecule has 1 amide bonds. The van der Waals surface area contributed by atoms with E-state index in [4.69, 9.17) is 0 Å². The fourth-order valence-corrected chi connectivity index (χ4v) is 1.93. The van der Waals surface area contributed by atoms with E-state index >= 15 is 0 Å². The van der Waals surface area contributed by atoms with E-state index < -0.39 is 11.4 Å². The van der Waals surface area contributed by atoms with Crippen molar-refractivity contribution >= 4 is 11.9 Å². The Bertz CT molecular complexity index is 481. The molecule has 0 spiro atoms. The lowest BCUT2D eigenvalue weighted by Crippen LogP contribution is -2.40. The summed E-state index contributed by atoms with van der Waals surface area (Å²) in [5, 5.41) is 11.9. The first-order valence-electron chi connectivity index (χ1n) is 7.53. The van der Waals surface area contributed by atoms with Gasteiger partial charge >= 0.3 is 5.97 Å². The van der Waals surface area contributed by atoms with Gasteiger partial charge in [-0.3, -0.25) is 9.59 Å². The summed E-state index contributed by atoms with van der Waals surface area (Å²) < 4.78 is 0. The van der Waals surface area contributed by atoms with Gasteiger partial charge in [-0.25, -0.2) is 0 Å². The van der Waals surface area contributed by atoms with Crippen molar-refractivity contribution in [2.75, 3.05) is 6.54 Å². The minimum Gasteiger partial charge on any atom is -0.481 e. The van der Waals surface area contributed by atoms with Crippen molar-refractivity contribution in [2.45, 2.75) is 46.5 Å². The van der Waals surface area contributed by atoms with Crippen LogP contribution in [-0.2, 0) is 11.2 Å². The molecule has 0 heterocycles. The van der Waals surface area contributed by atoms with Crippen LogP contribution >= 0.6 is 0 Å². The third-order valence-electron chi connectivity index (χ3n) is 3.97. The maximum Gasteiger partial charge on any atom is 0.311 e. The largest absolute Gasteiger partial charge is 0.481 e. The van der Waals surface area contributed by atoms with Crippen LogP contribution < -0.4 is 5.32 Å². The molecule has 1 aromatic rings.